The van der Waals surface area contributed by atoms with Crippen LogP contribution in [-0.2, 0) is 13.6 Å². The zero-order valence-corrected chi connectivity index (χ0v) is 14.5. The highest BCUT2D eigenvalue weighted by Gasteiger charge is 2.42. The first-order chi connectivity index (χ1) is 10.3. The number of hydrogen-bond acceptors (Lipinski definition) is 5. The molecule has 1 aromatic carbocycles. The Morgan fingerprint density at radius 2 is 1.77 bits per heavy atom. The Hall–Kier alpha value is -1.49. The van der Waals surface area contributed by atoms with Gasteiger partial charge in [0.1, 0.15) is 0 Å². The van der Waals surface area contributed by atoms with Gasteiger partial charge in [-0.1, -0.05) is 18.2 Å². The topological polar surface area (TPSA) is 77.0 Å². The zero-order chi connectivity index (χ0) is 16.8. The molecule has 122 valence electrons. The number of hydrazone groups is 1. The molecule has 7 heteroatoms. The van der Waals surface area contributed by atoms with Gasteiger partial charge in [-0.15, -0.1) is 0 Å². The maximum absolute atomic E-state index is 12.5. The van der Waals surface area contributed by atoms with Crippen LogP contribution in [0.25, 0.3) is 0 Å². The molecular weight excluding hydrogens is 303 g/mol. The lowest BCUT2D eigenvalue weighted by Gasteiger charge is -2.30. The summed E-state index contributed by atoms with van der Waals surface area (Å²) in [6.07, 6.45) is 0.362. The SMILES string of the molecule is COP(=O)(OC)C(C)(C)CC(C)=NNC(=O)c1ccccc1. The van der Waals surface area contributed by atoms with Gasteiger partial charge in [-0.05, 0) is 32.9 Å². The first-order valence-corrected chi connectivity index (χ1v) is 8.40. The molecule has 1 aromatic rings. The molecule has 0 unspecified atom stereocenters. The molecule has 0 fully saturated rings. The van der Waals surface area contributed by atoms with Gasteiger partial charge >= 0.3 is 7.60 Å². The van der Waals surface area contributed by atoms with Crippen molar-refractivity contribution in [3.63, 3.8) is 0 Å². The predicted molar refractivity (Wildman–Crippen MR) is 87.3 cm³/mol. The fourth-order valence-electron chi connectivity index (χ4n) is 2.13. The van der Waals surface area contributed by atoms with Crippen molar-refractivity contribution in [1.29, 1.82) is 0 Å². The minimum absolute atomic E-state index is 0.292. The van der Waals surface area contributed by atoms with Crippen LogP contribution in [0.1, 0.15) is 37.6 Å². The molecule has 22 heavy (non-hydrogen) atoms. The average Bonchev–Trinajstić information content (AvgIpc) is 2.51. The van der Waals surface area contributed by atoms with Crippen LogP contribution in [0.5, 0.6) is 0 Å². The molecule has 0 heterocycles. The van der Waals surface area contributed by atoms with E-state index in [0.717, 1.165) is 0 Å². The van der Waals surface area contributed by atoms with Gasteiger partial charge in [-0.3, -0.25) is 9.36 Å². The van der Waals surface area contributed by atoms with Crippen LogP contribution in [0.2, 0.25) is 0 Å². The molecule has 0 saturated carbocycles. The number of hydrogen-bond donors (Lipinski definition) is 1. The second kappa shape index (κ2) is 7.68. The van der Waals surface area contributed by atoms with Crippen molar-refractivity contribution in [2.24, 2.45) is 5.10 Å². The van der Waals surface area contributed by atoms with Gasteiger partial charge in [0.25, 0.3) is 5.91 Å². The molecule has 0 aromatic heterocycles. The van der Waals surface area contributed by atoms with Crippen LogP contribution in [-0.4, -0.2) is 31.0 Å². The van der Waals surface area contributed by atoms with Crippen LogP contribution in [0, 0.1) is 0 Å². The Kier molecular flexibility index (Phi) is 6.48. The van der Waals surface area contributed by atoms with Crippen molar-refractivity contribution in [2.75, 3.05) is 14.2 Å². The van der Waals surface area contributed by atoms with Gasteiger partial charge in [-0.25, -0.2) is 5.43 Å². The highest BCUT2D eigenvalue weighted by molar-refractivity contribution is 7.55. The van der Waals surface area contributed by atoms with Crippen molar-refractivity contribution < 1.29 is 18.4 Å². The average molecular weight is 326 g/mol. The Morgan fingerprint density at radius 3 is 2.27 bits per heavy atom. The van der Waals surface area contributed by atoms with Gasteiger partial charge in [0, 0.05) is 31.9 Å². The van der Waals surface area contributed by atoms with Gasteiger partial charge in [0.2, 0.25) is 0 Å². The normalized spacial score (nSPS) is 13.0. The molecule has 6 nitrogen and oxygen atoms in total. The molecule has 0 aliphatic rings. The summed E-state index contributed by atoms with van der Waals surface area (Å²) in [7, 11) is -0.523. The number of rotatable bonds is 7. The smallest absolute Gasteiger partial charge is 0.312 e. The Balaban J connectivity index is 2.74. The second-order valence-corrected chi connectivity index (χ2v) is 8.44. The van der Waals surface area contributed by atoms with Crippen LogP contribution < -0.4 is 5.43 Å². The number of nitrogens with one attached hydrogen (secondary N) is 1. The molecule has 0 bridgehead atoms. The minimum Gasteiger partial charge on any atom is -0.312 e. The molecule has 0 spiro atoms. The quantitative estimate of drug-likeness (QED) is 0.473. The number of carbonyl (C=O) groups is 1. The third-order valence-electron chi connectivity index (χ3n) is 3.29. The van der Waals surface area contributed by atoms with Crippen molar-refractivity contribution in [3.8, 4) is 0 Å². The summed E-state index contributed by atoms with van der Waals surface area (Å²) in [4.78, 5) is 11.9. The van der Waals surface area contributed by atoms with E-state index in [1.54, 1.807) is 45.0 Å². The van der Waals surface area contributed by atoms with Crippen molar-refractivity contribution in [2.45, 2.75) is 32.3 Å². The fourth-order valence-corrected chi connectivity index (χ4v) is 3.69. The summed E-state index contributed by atoms with van der Waals surface area (Å²) in [6.45, 7) is 5.31. The van der Waals surface area contributed by atoms with E-state index < -0.39 is 12.8 Å². The van der Waals surface area contributed by atoms with Crippen LogP contribution >= 0.6 is 7.60 Å². The fraction of sp³-hybridized carbons (Fsp3) is 0.467. The molecular formula is C15H23N2O4P. The van der Waals surface area contributed by atoms with E-state index in [4.69, 9.17) is 9.05 Å². The van der Waals surface area contributed by atoms with Gasteiger partial charge in [-0.2, -0.15) is 5.10 Å². The molecule has 1 amide bonds. The van der Waals surface area contributed by atoms with E-state index in [9.17, 15) is 9.36 Å². The summed E-state index contributed by atoms with van der Waals surface area (Å²) in [6, 6.07) is 8.80. The predicted octanol–water partition coefficient (Wildman–Crippen LogP) is 3.45. The Labute approximate surface area is 131 Å². The van der Waals surface area contributed by atoms with E-state index in [1.165, 1.54) is 14.2 Å². The minimum atomic E-state index is -3.24. The molecule has 1 N–H and O–H groups in total. The highest BCUT2D eigenvalue weighted by Crippen LogP contribution is 2.60. The number of benzene rings is 1. The van der Waals surface area contributed by atoms with Gasteiger partial charge in [0.05, 0.1) is 5.16 Å². The summed E-state index contributed by atoms with van der Waals surface area (Å²) in [5.41, 5.74) is 3.64. The summed E-state index contributed by atoms with van der Waals surface area (Å²) >= 11 is 0. The van der Waals surface area contributed by atoms with E-state index in [2.05, 4.69) is 10.5 Å². The van der Waals surface area contributed by atoms with E-state index in [0.29, 0.717) is 17.7 Å². The standard InChI is InChI=1S/C15H23N2O4P/c1-12(11-15(2,3)22(19,20-4)21-5)16-17-14(18)13-9-7-6-8-10-13/h6-10H,11H2,1-5H3,(H,17,18). The zero-order valence-electron chi connectivity index (χ0n) is 13.6. The van der Waals surface area contributed by atoms with Crippen LogP contribution in [0.15, 0.2) is 35.4 Å². The lowest BCUT2D eigenvalue weighted by Crippen LogP contribution is -2.27. The Morgan fingerprint density at radius 1 is 1.23 bits per heavy atom. The lowest BCUT2D eigenvalue weighted by molar-refractivity contribution is 0.0954. The summed E-state index contributed by atoms with van der Waals surface area (Å²) < 4.78 is 22.6. The molecule has 0 saturated heterocycles. The second-order valence-electron chi connectivity index (χ2n) is 5.51. The third kappa shape index (κ3) is 4.50. The lowest BCUT2D eigenvalue weighted by atomic mass is 10.1. The molecule has 0 atom stereocenters. The van der Waals surface area contributed by atoms with Crippen molar-refractivity contribution in [3.05, 3.63) is 35.9 Å². The van der Waals surface area contributed by atoms with E-state index >= 15 is 0 Å². The molecule has 1 rings (SSSR count). The molecule has 0 aliphatic heterocycles. The summed E-state index contributed by atoms with van der Waals surface area (Å²) in [5.74, 6) is -0.292. The molecule has 0 aliphatic carbocycles. The number of amides is 1. The van der Waals surface area contributed by atoms with Crippen LogP contribution in [0.3, 0.4) is 0 Å². The number of nitrogens with zero attached hydrogens (tertiary/aromatic N) is 1. The third-order valence-corrected chi connectivity index (χ3v) is 5.90. The van der Waals surface area contributed by atoms with Crippen molar-refractivity contribution in [1.82, 2.24) is 5.43 Å². The number of carbonyl (C=O) groups excluding carboxylic acids is 1. The molecule has 0 radical (unpaired) electrons. The largest absolute Gasteiger partial charge is 0.336 e. The van der Waals surface area contributed by atoms with E-state index in [-0.39, 0.29) is 5.91 Å². The van der Waals surface area contributed by atoms with Crippen LogP contribution in [0.4, 0.5) is 0 Å². The van der Waals surface area contributed by atoms with Gasteiger partial charge in [0.15, 0.2) is 0 Å². The van der Waals surface area contributed by atoms with Gasteiger partial charge < -0.3 is 9.05 Å². The maximum atomic E-state index is 12.5. The van der Waals surface area contributed by atoms with Crippen molar-refractivity contribution >= 4 is 19.2 Å². The summed E-state index contributed by atoms with van der Waals surface area (Å²) in [5, 5.41) is 3.30. The maximum Gasteiger partial charge on any atom is 0.336 e. The first-order valence-electron chi connectivity index (χ1n) is 6.86. The van der Waals surface area contributed by atoms with E-state index in [1.807, 2.05) is 6.07 Å². The first kappa shape index (κ1) is 18.6. The Bertz CT molecular complexity index is 576. The monoisotopic (exact) mass is 326 g/mol. The highest BCUT2D eigenvalue weighted by atomic mass is 31.2.